The lowest BCUT2D eigenvalue weighted by molar-refractivity contribution is -0.178. The number of aromatic amines is 1. The van der Waals surface area contributed by atoms with E-state index in [-0.39, 0.29) is 10.6 Å². The molecule has 3 aromatic rings. The van der Waals surface area contributed by atoms with Gasteiger partial charge in [-0.05, 0) is 18.4 Å². The van der Waals surface area contributed by atoms with Crippen molar-refractivity contribution in [1.82, 2.24) is 9.55 Å². The van der Waals surface area contributed by atoms with Crippen molar-refractivity contribution in [2.45, 2.75) is 64.1 Å². The monoisotopic (exact) mass is 492 g/mol. The second-order valence-electron chi connectivity index (χ2n) is 10.2. The second-order valence-corrected chi connectivity index (χ2v) is 15.2. The number of carbonyl (C=O) groups is 1. The van der Waals surface area contributed by atoms with Crippen molar-refractivity contribution in [3.8, 4) is 0 Å². The molecule has 1 fully saturated rings. The lowest BCUT2D eigenvalue weighted by atomic mass is 10.2. The Morgan fingerprint density at radius 1 is 1.03 bits per heavy atom. The van der Waals surface area contributed by atoms with Gasteiger partial charge in [-0.2, -0.15) is 0 Å². The maximum atomic E-state index is 12.7. The molecule has 0 spiro atoms. The molecule has 8 heteroatoms. The molecule has 184 valence electrons. The van der Waals surface area contributed by atoms with E-state index in [4.69, 9.17) is 9.47 Å². The summed E-state index contributed by atoms with van der Waals surface area (Å²) in [6, 6.07) is 20.7. The fourth-order valence-corrected chi connectivity index (χ4v) is 12.3. The number of carbonyl (C=O) groups excluding carboxylic acids is 1. The third-order valence-corrected chi connectivity index (χ3v) is 13.5. The van der Waals surface area contributed by atoms with E-state index in [1.165, 1.54) is 28.1 Å². The van der Waals surface area contributed by atoms with Gasteiger partial charge in [-0.1, -0.05) is 91.8 Å². The first-order valence-electron chi connectivity index (χ1n) is 11.8. The molecule has 0 radical (unpaired) electrons. The molecule has 0 bridgehead atoms. The topological polar surface area (TPSA) is 90.4 Å². The fraction of sp³-hybridized carbons (Fsp3) is 0.370. The Bertz CT molecular complexity index is 1270. The van der Waals surface area contributed by atoms with Gasteiger partial charge >= 0.3 is 11.7 Å². The first kappa shape index (κ1) is 24.9. The molecule has 0 saturated carbocycles. The molecule has 3 unspecified atom stereocenters. The van der Waals surface area contributed by atoms with Crippen LogP contribution < -0.4 is 21.6 Å². The predicted molar refractivity (Wildman–Crippen MR) is 138 cm³/mol. The van der Waals surface area contributed by atoms with Crippen LogP contribution in [0.2, 0.25) is 10.6 Å². The van der Waals surface area contributed by atoms with Crippen LogP contribution in [0, 0.1) is 6.92 Å². The van der Waals surface area contributed by atoms with E-state index in [0.717, 1.165) is 0 Å². The van der Waals surface area contributed by atoms with Crippen LogP contribution in [0.15, 0.2) is 76.4 Å². The van der Waals surface area contributed by atoms with Crippen molar-refractivity contribution in [3.63, 3.8) is 0 Å². The van der Waals surface area contributed by atoms with Gasteiger partial charge in [0.15, 0.2) is 0 Å². The average Bonchev–Trinajstić information content (AvgIpc) is 3.20. The SMILES string of the molecule is CC(=O)OC1OC(n2cc(C)c(=O)[nH]c2=O)CC1[Si](c1ccccc1)(c1ccccc1)C(C)(C)C. The minimum absolute atomic E-state index is 0.194. The molecular weight excluding hydrogens is 460 g/mol. The first-order chi connectivity index (χ1) is 16.6. The molecular formula is C27H32N2O5Si. The summed E-state index contributed by atoms with van der Waals surface area (Å²) in [6.07, 6.45) is 0.443. The standard InChI is InChI=1S/C27H32N2O5Si/c1-18-17-29(26(32)28-24(18)31)23-16-22(25(34-23)33-19(2)30)35(27(3,4)5,20-12-8-6-9-13-20)21-14-10-7-11-15-21/h6-15,17,22-23,25H,16H2,1-5H3,(H,28,31,32). The molecule has 1 aliphatic rings. The number of nitrogens with one attached hydrogen (secondary N) is 1. The van der Waals surface area contributed by atoms with E-state index in [2.05, 4.69) is 50.0 Å². The third-order valence-electron chi connectivity index (χ3n) is 7.01. The Hall–Kier alpha value is -3.23. The van der Waals surface area contributed by atoms with E-state index >= 15 is 0 Å². The number of hydrogen-bond donors (Lipinski definition) is 1. The number of hydrogen-bond acceptors (Lipinski definition) is 5. The lowest BCUT2D eigenvalue weighted by Crippen LogP contribution is -2.68. The van der Waals surface area contributed by atoms with Crippen LogP contribution in [0.3, 0.4) is 0 Å². The second kappa shape index (κ2) is 9.43. The van der Waals surface area contributed by atoms with E-state index in [1.54, 1.807) is 6.92 Å². The van der Waals surface area contributed by atoms with Crippen molar-refractivity contribution in [1.29, 1.82) is 0 Å². The summed E-state index contributed by atoms with van der Waals surface area (Å²) in [5.74, 6) is -0.441. The molecule has 1 N–H and O–H groups in total. The zero-order valence-corrected chi connectivity index (χ0v) is 21.8. The van der Waals surface area contributed by atoms with Gasteiger partial charge in [0.1, 0.15) is 14.3 Å². The largest absolute Gasteiger partial charge is 0.436 e. The van der Waals surface area contributed by atoms with Crippen LogP contribution >= 0.6 is 0 Å². The number of ether oxygens (including phenoxy) is 2. The molecule has 3 atom stereocenters. The van der Waals surface area contributed by atoms with Crippen molar-refractivity contribution in [3.05, 3.63) is 93.3 Å². The minimum atomic E-state index is -2.75. The first-order valence-corrected chi connectivity index (χ1v) is 13.9. The van der Waals surface area contributed by atoms with Crippen LogP contribution in [0.25, 0.3) is 0 Å². The Labute approximate surface area is 205 Å². The molecule has 7 nitrogen and oxygen atoms in total. The van der Waals surface area contributed by atoms with Crippen molar-refractivity contribution in [2.75, 3.05) is 0 Å². The highest BCUT2D eigenvalue weighted by Crippen LogP contribution is 2.52. The van der Waals surface area contributed by atoms with Gasteiger partial charge in [0.05, 0.1) is 0 Å². The molecule has 35 heavy (non-hydrogen) atoms. The number of esters is 1. The zero-order valence-electron chi connectivity index (χ0n) is 20.8. The average molecular weight is 493 g/mol. The summed E-state index contributed by atoms with van der Waals surface area (Å²) in [7, 11) is -2.75. The van der Waals surface area contributed by atoms with Gasteiger partial charge in [0, 0.05) is 24.2 Å². The number of nitrogens with zero attached hydrogens (tertiary/aromatic N) is 1. The van der Waals surface area contributed by atoms with E-state index in [0.29, 0.717) is 12.0 Å². The molecule has 0 aliphatic carbocycles. The Balaban J connectivity index is 1.96. The molecule has 1 aromatic heterocycles. The summed E-state index contributed by atoms with van der Waals surface area (Å²) >= 11 is 0. The predicted octanol–water partition coefficient (Wildman–Crippen LogP) is 3.09. The third kappa shape index (κ3) is 4.44. The van der Waals surface area contributed by atoms with Gasteiger partial charge in [-0.25, -0.2) is 4.79 Å². The molecule has 2 aromatic carbocycles. The van der Waals surface area contributed by atoms with Gasteiger partial charge in [0.2, 0.25) is 6.29 Å². The summed E-state index contributed by atoms with van der Waals surface area (Å²) in [5, 5.41) is 2.20. The lowest BCUT2D eigenvalue weighted by Gasteiger charge is -2.48. The fourth-order valence-electron chi connectivity index (χ4n) is 5.69. The highest BCUT2D eigenvalue weighted by atomic mass is 28.3. The number of H-pyrrole nitrogens is 1. The van der Waals surface area contributed by atoms with Gasteiger partial charge in [-0.3, -0.25) is 19.1 Å². The molecule has 2 heterocycles. The highest BCUT2D eigenvalue weighted by molar-refractivity contribution is 7.05. The summed E-state index contributed by atoms with van der Waals surface area (Å²) in [4.78, 5) is 39.3. The van der Waals surface area contributed by atoms with Gasteiger partial charge in [0.25, 0.3) is 5.56 Å². The zero-order chi connectivity index (χ0) is 25.4. The van der Waals surface area contributed by atoms with E-state index in [9.17, 15) is 14.4 Å². The normalized spacial score (nSPS) is 20.5. The van der Waals surface area contributed by atoms with Crippen LogP contribution in [0.1, 0.15) is 45.9 Å². The van der Waals surface area contributed by atoms with Gasteiger partial charge in [-0.15, -0.1) is 0 Å². The maximum absolute atomic E-state index is 12.7. The molecule has 0 amide bonds. The quantitative estimate of drug-likeness (QED) is 0.437. The minimum Gasteiger partial charge on any atom is -0.436 e. The summed E-state index contributed by atoms with van der Waals surface area (Å²) in [5.41, 5.74) is -0.758. The van der Waals surface area contributed by atoms with Gasteiger partial charge < -0.3 is 9.47 Å². The highest BCUT2D eigenvalue weighted by Gasteiger charge is 2.60. The van der Waals surface area contributed by atoms with Crippen LogP contribution in [-0.2, 0) is 14.3 Å². The van der Waals surface area contributed by atoms with E-state index in [1.807, 2.05) is 36.4 Å². The van der Waals surface area contributed by atoms with Crippen LogP contribution in [0.5, 0.6) is 0 Å². The Morgan fingerprint density at radius 3 is 2.06 bits per heavy atom. The summed E-state index contributed by atoms with van der Waals surface area (Å²) < 4.78 is 13.5. The van der Waals surface area contributed by atoms with Crippen molar-refractivity contribution in [2.24, 2.45) is 0 Å². The van der Waals surface area contributed by atoms with Crippen LogP contribution in [-0.4, -0.2) is 29.9 Å². The Kier molecular flexibility index (Phi) is 6.70. The summed E-state index contributed by atoms with van der Waals surface area (Å²) in [6.45, 7) is 9.71. The smallest absolute Gasteiger partial charge is 0.330 e. The van der Waals surface area contributed by atoms with E-state index < -0.39 is 37.8 Å². The van der Waals surface area contributed by atoms with Crippen molar-refractivity contribution < 1.29 is 14.3 Å². The number of aryl methyl sites for hydroxylation is 1. The Morgan fingerprint density at radius 2 is 1.57 bits per heavy atom. The number of rotatable bonds is 5. The number of aromatic nitrogens is 2. The molecule has 4 rings (SSSR count). The number of benzene rings is 2. The maximum Gasteiger partial charge on any atom is 0.330 e. The molecule has 1 aliphatic heterocycles. The van der Waals surface area contributed by atoms with Crippen molar-refractivity contribution >= 4 is 24.4 Å². The molecule has 1 saturated heterocycles. The van der Waals surface area contributed by atoms with Crippen LogP contribution in [0.4, 0.5) is 0 Å².